The van der Waals surface area contributed by atoms with Gasteiger partial charge < -0.3 is 10.1 Å². The first kappa shape index (κ1) is 20.0. The summed E-state index contributed by atoms with van der Waals surface area (Å²) in [7, 11) is 0. The molecule has 2 aromatic carbocycles. The minimum Gasteiger partial charge on any atom is -0.455 e. The SMILES string of the molecule is Cc1ccc(SCC(=O)OCC(=O)Nc2ccccc2C(C)C)cc1C. The van der Waals surface area contributed by atoms with Crippen LogP contribution in [0.4, 0.5) is 5.69 Å². The number of hydrogen-bond donors (Lipinski definition) is 1. The van der Waals surface area contributed by atoms with Gasteiger partial charge in [0.25, 0.3) is 5.91 Å². The van der Waals surface area contributed by atoms with Crippen LogP contribution in [-0.4, -0.2) is 24.2 Å². The Balaban J connectivity index is 1.80. The lowest BCUT2D eigenvalue weighted by molar-refractivity contribution is -0.144. The van der Waals surface area contributed by atoms with E-state index >= 15 is 0 Å². The fourth-order valence-corrected chi connectivity index (χ4v) is 3.23. The predicted octanol–water partition coefficient (Wildman–Crippen LogP) is 4.70. The first-order chi connectivity index (χ1) is 12.4. The minimum absolute atomic E-state index is 0.179. The Hall–Kier alpha value is -2.27. The number of ether oxygens (including phenoxy) is 1. The number of rotatable bonds is 7. The summed E-state index contributed by atoms with van der Waals surface area (Å²) < 4.78 is 5.08. The Bertz CT molecular complexity index is 787. The molecular weight excluding hydrogens is 346 g/mol. The lowest BCUT2D eigenvalue weighted by Gasteiger charge is -2.13. The molecule has 4 nitrogen and oxygen atoms in total. The fourth-order valence-electron chi connectivity index (χ4n) is 2.43. The van der Waals surface area contributed by atoms with Crippen LogP contribution in [0.3, 0.4) is 0 Å². The Kier molecular flexibility index (Phi) is 7.27. The van der Waals surface area contributed by atoms with E-state index < -0.39 is 5.97 Å². The molecule has 0 aliphatic heterocycles. The van der Waals surface area contributed by atoms with Gasteiger partial charge in [-0.05, 0) is 54.7 Å². The van der Waals surface area contributed by atoms with Gasteiger partial charge in [0.2, 0.25) is 0 Å². The second-order valence-electron chi connectivity index (χ2n) is 6.49. The molecule has 0 saturated carbocycles. The molecule has 0 saturated heterocycles. The molecule has 0 heterocycles. The van der Waals surface area contributed by atoms with Crippen molar-refractivity contribution in [3.05, 3.63) is 59.2 Å². The van der Waals surface area contributed by atoms with E-state index in [1.54, 1.807) is 0 Å². The Morgan fingerprint density at radius 3 is 2.50 bits per heavy atom. The average molecular weight is 372 g/mol. The summed E-state index contributed by atoms with van der Waals surface area (Å²) in [5.41, 5.74) is 4.22. The number of anilines is 1. The lowest BCUT2D eigenvalue weighted by Crippen LogP contribution is -2.22. The van der Waals surface area contributed by atoms with E-state index in [0.717, 1.165) is 16.1 Å². The molecule has 2 aromatic rings. The van der Waals surface area contributed by atoms with Crippen molar-refractivity contribution in [2.45, 2.75) is 38.5 Å². The number of benzene rings is 2. The zero-order valence-corrected chi connectivity index (χ0v) is 16.5. The molecule has 0 bridgehead atoms. The van der Waals surface area contributed by atoms with E-state index in [4.69, 9.17) is 4.74 Å². The Morgan fingerprint density at radius 2 is 1.81 bits per heavy atom. The number of thioether (sulfide) groups is 1. The highest BCUT2D eigenvalue weighted by atomic mass is 32.2. The van der Waals surface area contributed by atoms with E-state index in [2.05, 4.69) is 19.2 Å². The largest absolute Gasteiger partial charge is 0.455 e. The third kappa shape index (κ3) is 5.92. The van der Waals surface area contributed by atoms with Crippen molar-refractivity contribution in [1.82, 2.24) is 0 Å². The molecule has 0 fully saturated rings. The van der Waals surface area contributed by atoms with Gasteiger partial charge in [0.15, 0.2) is 6.61 Å². The molecule has 0 aliphatic carbocycles. The predicted molar refractivity (Wildman–Crippen MR) is 107 cm³/mol. The van der Waals surface area contributed by atoms with Crippen LogP contribution in [0.15, 0.2) is 47.4 Å². The third-order valence-electron chi connectivity index (χ3n) is 4.06. The second-order valence-corrected chi connectivity index (χ2v) is 7.53. The topological polar surface area (TPSA) is 55.4 Å². The monoisotopic (exact) mass is 371 g/mol. The maximum atomic E-state index is 12.1. The standard InChI is InChI=1S/C21H25NO3S/c1-14(2)18-7-5-6-8-19(18)22-20(23)12-25-21(24)13-26-17-10-9-15(3)16(4)11-17/h5-11,14H,12-13H2,1-4H3,(H,22,23). The van der Waals surface area contributed by atoms with Gasteiger partial charge in [0.1, 0.15) is 0 Å². The van der Waals surface area contributed by atoms with Gasteiger partial charge in [-0.3, -0.25) is 9.59 Å². The van der Waals surface area contributed by atoms with Gasteiger partial charge in [0.05, 0.1) is 5.75 Å². The van der Waals surface area contributed by atoms with Gasteiger partial charge >= 0.3 is 5.97 Å². The number of amides is 1. The van der Waals surface area contributed by atoms with Gasteiger partial charge in [-0.25, -0.2) is 0 Å². The van der Waals surface area contributed by atoms with Crippen molar-refractivity contribution in [1.29, 1.82) is 0 Å². The van der Waals surface area contributed by atoms with E-state index in [0.29, 0.717) is 5.92 Å². The van der Waals surface area contributed by atoms with Crippen molar-refractivity contribution in [2.24, 2.45) is 0 Å². The zero-order chi connectivity index (χ0) is 19.1. The van der Waals surface area contributed by atoms with E-state index in [1.165, 1.54) is 22.9 Å². The summed E-state index contributed by atoms with van der Waals surface area (Å²) in [4.78, 5) is 24.9. The number of hydrogen-bond acceptors (Lipinski definition) is 4. The van der Waals surface area contributed by atoms with Crippen LogP contribution < -0.4 is 5.32 Å². The van der Waals surface area contributed by atoms with Crippen LogP contribution in [-0.2, 0) is 14.3 Å². The van der Waals surface area contributed by atoms with Crippen molar-refractivity contribution in [2.75, 3.05) is 17.7 Å². The molecule has 0 aromatic heterocycles. The molecule has 0 unspecified atom stereocenters. The molecule has 1 N–H and O–H groups in total. The highest BCUT2D eigenvalue weighted by molar-refractivity contribution is 8.00. The third-order valence-corrected chi connectivity index (χ3v) is 5.02. The summed E-state index contributed by atoms with van der Waals surface area (Å²) in [6, 6.07) is 13.7. The molecule has 26 heavy (non-hydrogen) atoms. The van der Waals surface area contributed by atoms with Crippen molar-refractivity contribution >= 4 is 29.3 Å². The van der Waals surface area contributed by atoms with Crippen LogP contribution in [0.25, 0.3) is 0 Å². The summed E-state index contributed by atoms with van der Waals surface area (Å²) >= 11 is 1.41. The molecule has 0 aliphatic rings. The molecule has 5 heteroatoms. The van der Waals surface area contributed by atoms with Gasteiger partial charge in [-0.1, -0.05) is 38.1 Å². The zero-order valence-electron chi connectivity index (χ0n) is 15.7. The van der Waals surface area contributed by atoms with Crippen LogP contribution in [0.1, 0.15) is 36.5 Å². The Morgan fingerprint density at radius 1 is 1.08 bits per heavy atom. The molecular formula is C21H25NO3S. The molecule has 0 spiro atoms. The maximum Gasteiger partial charge on any atom is 0.316 e. The smallest absolute Gasteiger partial charge is 0.316 e. The fraction of sp³-hybridized carbons (Fsp3) is 0.333. The first-order valence-corrected chi connectivity index (χ1v) is 9.60. The van der Waals surface area contributed by atoms with E-state index in [1.807, 2.05) is 56.3 Å². The van der Waals surface area contributed by atoms with E-state index in [-0.39, 0.29) is 18.3 Å². The average Bonchev–Trinajstić information content (AvgIpc) is 2.61. The number of carbonyl (C=O) groups excluding carboxylic acids is 2. The molecule has 138 valence electrons. The van der Waals surface area contributed by atoms with Crippen molar-refractivity contribution < 1.29 is 14.3 Å². The lowest BCUT2D eigenvalue weighted by atomic mass is 10.0. The maximum absolute atomic E-state index is 12.1. The van der Waals surface area contributed by atoms with Crippen molar-refractivity contribution in [3.63, 3.8) is 0 Å². The minimum atomic E-state index is -0.402. The molecule has 0 radical (unpaired) electrons. The summed E-state index contributed by atoms with van der Waals surface area (Å²) in [5.74, 6) is -0.259. The quantitative estimate of drug-likeness (QED) is 0.566. The number of nitrogens with one attached hydrogen (secondary N) is 1. The number of aryl methyl sites for hydroxylation is 2. The van der Waals surface area contributed by atoms with Gasteiger partial charge in [0, 0.05) is 10.6 Å². The Labute approximate surface area is 159 Å². The normalized spacial score (nSPS) is 10.7. The first-order valence-electron chi connectivity index (χ1n) is 8.61. The molecule has 0 atom stereocenters. The van der Waals surface area contributed by atoms with Crippen LogP contribution in [0, 0.1) is 13.8 Å². The number of para-hydroxylation sites is 1. The highest BCUT2D eigenvalue weighted by Gasteiger charge is 2.12. The van der Waals surface area contributed by atoms with Crippen LogP contribution >= 0.6 is 11.8 Å². The summed E-state index contributed by atoms with van der Waals surface area (Å²) in [5, 5.41) is 2.81. The van der Waals surface area contributed by atoms with Crippen LogP contribution in [0.5, 0.6) is 0 Å². The molecule has 1 amide bonds. The number of carbonyl (C=O) groups is 2. The highest BCUT2D eigenvalue weighted by Crippen LogP contribution is 2.24. The second kappa shape index (κ2) is 9.43. The number of esters is 1. The summed E-state index contributed by atoms with van der Waals surface area (Å²) in [6.07, 6.45) is 0. The van der Waals surface area contributed by atoms with E-state index in [9.17, 15) is 9.59 Å². The van der Waals surface area contributed by atoms with Gasteiger partial charge in [-0.15, -0.1) is 11.8 Å². The van der Waals surface area contributed by atoms with Crippen molar-refractivity contribution in [3.8, 4) is 0 Å². The summed E-state index contributed by atoms with van der Waals surface area (Å²) in [6.45, 7) is 7.94. The van der Waals surface area contributed by atoms with Crippen LogP contribution in [0.2, 0.25) is 0 Å². The van der Waals surface area contributed by atoms with Gasteiger partial charge in [-0.2, -0.15) is 0 Å². The molecule has 2 rings (SSSR count).